The monoisotopic (exact) mass is 326 g/mol. The van der Waals surface area contributed by atoms with Crippen molar-refractivity contribution in [1.29, 1.82) is 0 Å². The number of hydrogen-bond acceptors (Lipinski definition) is 4. The van der Waals surface area contributed by atoms with Gasteiger partial charge in [0.15, 0.2) is 0 Å². The smallest absolute Gasteiger partial charge is 0.326 e. The minimum absolute atomic E-state index is 0.271. The van der Waals surface area contributed by atoms with Crippen molar-refractivity contribution in [3.63, 3.8) is 0 Å². The summed E-state index contributed by atoms with van der Waals surface area (Å²) >= 11 is 1.52. The summed E-state index contributed by atoms with van der Waals surface area (Å²) in [6.07, 6.45) is 4.97. The van der Waals surface area contributed by atoms with Gasteiger partial charge in [0.2, 0.25) is 5.91 Å². The average molecular weight is 326 g/mol. The van der Waals surface area contributed by atoms with Gasteiger partial charge in [-0.15, -0.1) is 0 Å². The number of aromatic nitrogens is 1. The topological polar surface area (TPSA) is 88.4 Å². The second kappa shape index (κ2) is 9.30. The predicted octanol–water partition coefficient (Wildman–Crippen LogP) is 1.51. The van der Waals surface area contributed by atoms with Crippen molar-refractivity contribution >= 4 is 23.6 Å². The Morgan fingerprint density at radius 3 is 2.64 bits per heavy atom. The maximum atomic E-state index is 12.4. The highest BCUT2D eigenvalue weighted by molar-refractivity contribution is 7.98. The summed E-state index contributed by atoms with van der Waals surface area (Å²) in [6, 6.07) is 3.06. The molecule has 1 heterocycles. The molecule has 0 radical (unpaired) electrons. The zero-order valence-electron chi connectivity index (χ0n) is 12.8. The Balaban J connectivity index is 2.91. The van der Waals surface area contributed by atoms with Gasteiger partial charge in [0.1, 0.15) is 12.1 Å². The molecular weight excluding hydrogens is 304 g/mol. The number of carboxylic acid groups (broad SMARTS) is 1. The molecule has 0 aliphatic carbocycles. The highest BCUT2D eigenvalue weighted by atomic mass is 32.2. The lowest BCUT2D eigenvalue weighted by atomic mass is 10.1. The standard InChI is InChI=1S/C15H22N2O4S/c1-3-6-12(17-9-5-4-7-13(17)18)14(19)16-11(15(20)21)8-10-22-2/h4-5,7,9,11-12H,3,6,8,10H2,1-2H3,(H,16,19)(H,20,21). The van der Waals surface area contributed by atoms with E-state index in [0.717, 1.165) is 0 Å². The molecule has 1 aromatic heterocycles. The molecule has 7 heteroatoms. The van der Waals surface area contributed by atoms with Gasteiger partial charge in [-0.1, -0.05) is 19.4 Å². The molecule has 0 saturated carbocycles. The molecule has 2 N–H and O–H groups in total. The van der Waals surface area contributed by atoms with E-state index in [4.69, 9.17) is 0 Å². The molecule has 0 saturated heterocycles. The van der Waals surface area contributed by atoms with Crippen LogP contribution in [0.1, 0.15) is 32.2 Å². The van der Waals surface area contributed by atoms with Crippen LogP contribution in [0.3, 0.4) is 0 Å². The van der Waals surface area contributed by atoms with E-state index in [1.807, 2.05) is 13.2 Å². The first-order valence-corrected chi connectivity index (χ1v) is 8.60. The third-order valence-electron chi connectivity index (χ3n) is 3.28. The number of thioether (sulfide) groups is 1. The number of nitrogens with one attached hydrogen (secondary N) is 1. The summed E-state index contributed by atoms with van der Waals surface area (Å²) < 4.78 is 1.35. The van der Waals surface area contributed by atoms with Gasteiger partial charge < -0.3 is 15.0 Å². The van der Waals surface area contributed by atoms with E-state index >= 15 is 0 Å². The number of carbonyl (C=O) groups excluding carboxylic acids is 1. The molecule has 2 unspecified atom stereocenters. The molecule has 1 amide bonds. The fraction of sp³-hybridized carbons (Fsp3) is 0.533. The van der Waals surface area contributed by atoms with Crippen LogP contribution in [0.5, 0.6) is 0 Å². The second-order valence-electron chi connectivity index (χ2n) is 4.93. The first-order chi connectivity index (χ1) is 10.5. The van der Waals surface area contributed by atoms with Crippen LogP contribution in [0.2, 0.25) is 0 Å². The van der Waals surface area contributed by atoms with Crippen molar-refractivity contribution < 1.29 is 14.7 Å². The highest BCUT2D eigenvalue weighted by Crippen LogP contribution is 2.13. The van der Waals surface area contributed by atoms with E-state index < -0.39 is 24.0 Å². The molecule has 0 fully saturated rings. The first-order valence-electron chi connectivity index (χ1n) is 7.20. The summed E-state index contributed by atoms with van der Waals surface area (Å²) in [5, 5.41) is 11.7. The van der Waals surface area contributed by atoms with Crippen molar-refractivity contribution in [1.82, 2.24) is 9.88 Å². The van der Waals surface area contributed by atoms with Gasteiger partial charge in [0.05, 0.1) is 0 Å². The van der Waals surface area contributed by atoms with E-state index in [0.29, 0.717) is 25.0 Å². The lowest BCUT2D eigenvalue weighted by Gasteiger charge is -2.21. The van der Waals surface area contributed by atoms with Crippen LogP contribution in [-0.2, 0) is 9.59 Å². The Labute approximate surface area is 133 Å². The minimum Gasteiger partial charge on any atom is -0.480 e. The summed E-state index contributed by atoms with van der Waals surface area (Å²) in [4.78, 5) is 35.6. The third kappa shape index (κ3) is 5.22. The zero-order chi connectivity index (χ0) is 16.5. The number of carboxylic acids is 1. The number of aliphatic carboxylic acids is 1. The quantitative estimate of drug-likeness (QED) is 0.718. The van der Waals surface area contributed by atoms with Gasteiger partial charge in [0.25, 0.3) is 5.56 Å². The molecule has 0 spiro atoms. The Kier molecular flexibility index (Phi) is 7.73. The van der Waals surface area contributed by atoms with E-state index in [2.05, 4.69) is 5.32 Å². The molecule has 1 aromatic rings. The van der Waals surface area contributed by atoms with Gasteiger partial charge in [-0.2, -0.15) is 11.8 Å². The van der Waals surface area contributed by atoms with Crippen molar-refractivity contribution in [3.8, 4) is 0 Å². The van der Waals surface area contributed by atoms with E-state index in [1.54, 1.807) is 18.3 Å². The minimum atomic E-state index is -1.06. The second-order valence-corrected chi connectivity index (χ2v) is 5.92. The Hall–Kier alpha value is -1.76. The molecule has 0 aromatic carbocycles. The number of nitrogens with zero attached hydrogens (tertiary/aromatic N) is 1. The first kappa shape index (κ1) is 18.3. The van der Waals surface area contributed by atoms with Crippen LogP contribution in [0.25, 0.3) is 0 Å². The van der Waals surface area contributed by atoms with Crippen LogP contribution in [0, 0.1) is 0 Å². The molecule has 0 aliphatic rings. The van der Waals surface area contributed by atoms with Gasteiger partial charge in [-0.3, -0.25) is 9.59 Å². The molecule has 0 bridgehead atoms. The molecule has 6 nitrogen and oxygen atoms in total. The highest BCUT2D eigenvalue weighted by Gasteiger charge is 2.26. The van der Waals surface area contributed by atoms with E-state index in [1.165, 1.54) is 22.4 Å². The van der Waals surface area contributed by atoms with E-state index in [9.17, 15) is 19.5 Å². The fourth-order valence-electron chi connectivity index (χ4n) is 2.13. The SMILES string of the molecule is CCCC(C(=O)NC(CCSC)C(=O)O)n1ccccc1=O. The number of rotatable bonds is 9. The summed E-state index contributed by atoms with van der Waals surface area (Å²) in [5.74, 6) is -0.845. The van der Waals surface area contributed by atoms with Crippen LogP contribution >= 0.6 is 11.8 Å². The molecule has 22 heavy (non-hydrogen) atoms. The Morgan fingerprint density at radius 1 is 1.36 bits per heavy atom. The molecular formula is C15H22N2O4S. The van der Waals surface area contributed by atoms with Gasteiger partial charge in [0, 0.05) is 12.3 Å². The largest absolute Gasteiger partial charge is 0.480 e. The van der Waals surface area contributed by atoms with Crippen molar-refractivity contribution in [2.24, 2.45) is 0 Å². The van der Waals surface area contributed by atoms with Crippen LogP contribution < -0.4 is 10.9 Å². The summed E-state index contributed by atoms with van der Waals surface area (Å²) in [5.41, 5.74) is -0.271. The van der Waals surface area contributed by atoms with Crippen LogP contribution in [0.15, 0.2) is 29.2 Å². The number of pyridine rings is 1. The molecule has 2 atom stereocenters. The lowest BCUT2D eigenvalue weighted by Crippen LogP contribution is -2.45. The maximum absolute atomic E-state index is 12.4. The summed E-state index contributed by atoms with van der Waals surface area (Å²) in [7, 11) is 0. The molecule has 122 valence electrons. The van der Waals surface area contributed by atoms with Gasteiger partial charge >= 0.3 is 5.97 Å². The maximum Gasteiger partial charge on any atom is 0.326 e. The van der Waals surface area contributed by atoms with Crippen molar-refractivity contribution in [2.75, 3.05) is 12.0 Å². The Morgan fingerprint density at radius 2 is 2.09 bits per heavy atom. The number of hydrogen-bond donors (Lipinski definition) is 2. The van der Waals surface area contributed by atoms with Crippen LogP contribution in [0.4, 0.5) is 0 Å². The fourth-order valence-corrected chi connectivity index (χ4v) is 2.60. The molecule has 0 aliphatic heterocycles. The average Bonchev–Trinajstić information content (AvgIpc) is 2.49. The third-order valence-corrected chi connectivity index (χ3v) is 3.92. The van der Waals surface area contributed by atoms with E-state index in [-0.39, 0.29) is 5.56 Å². The number of carbonyl (C=O) groups is 2. The zero-order valence-corrected chi connectivity index (χ0v) is 13.6. The van der Waals surface area contributed by atoms with Gasteiger partial charge in [-0.25, -0.2) is 4.79 Å². The van der Waals surface area contributed by atoms with Crippen molar-refractivity contribution in [2.45, 2.75) is 38.3 Å². The molecule has 1 rings (SSSR count). The summed E-state index contributed by atoms with van der Waals surface area (Å²) in [6.45, 7) is 1.91. The predicted molar refractivity (Wildman–Crippen MR) is 87.2 cm³/mol. The van der Waals surface area contributed by atoms with Crippen LogP contribution in [-0.4, -0.2) is 39.6 Å². The number of amides is 1. The van der Waals surface area contributed by atoms with Crippen molar-refractivity contribution in [3.05, 3.63) is 34.7 Å². The normalized spacial score (nSPS) is 13.4. The Bertz CT molecular complexity index is 558. The van der Waals surface area contributed by atoms with Gasteiger partial charge in [-0.05, 0) is 30.9 Å². The lowest BCUT2D eigenvalue weighted by molar-refractivity contribution is -0.142.